The van der Waals surface area contributed by atoms with Crippen LogP contribution in [0.1, 0.15) is 48.0 Å². The Labute approximate surface area is 216 Å². The first-order valence-corrected chi connectivity index (χ1v) is 11.9. The fourth-order valence-corrected chi connectivity index (χ4v) is 4.98. The molecule has 2 heterocycles. The number of hydrogen-bond acceptors (Lipinski definition) is 8. The van der Waals surface area contributed by atoms with Crippen LogP contribution in [-0.2, 0) is 21.5 Å². The quantitative estimate of drug-likeness (QED) is 0.230. The molecule has 10 heteroatoms. The van der Waals surface area contributed by atoms with E-state index in [1.165, 1.54) is 31.5 Å². The van der Waals surface area contributed by atoms with Crippen LogP contribution in [0.5, 0.6) is 17.2 Å². The third kappa shape index (κ3) is 3.48. The Bertz CT molecular complexity index is 1670. The molecule has 1 aromatic heterocycles. The monoisotopic (exact) mass is 515 g/mol. The predicted molar refractivity (Wildman–Crippen MR) is 137 cm³/mol. The van der Waals surface area contributed by atoms with Gasteiger partial charge in [-0.15, -0.1) is 0 Å². The van der Waals surface area contributed by atoms with Crippen molar-refractivity contribution in [3.8, 4) is 22.9 Å². The van der Waals surface area contributed by atoms with Gasteiger partial charge in [-0.25, -0.2) is 4.68 Å². The van der Waals surface area contributed by atoms with Gasteiger partial charge in [0.1, 0.15) is 34.0 Å². The maximum atomic E-state index is 13.9. The highest BCUT2D eigenvalue weighted by atomic mass is 16.5. The van der Waals surface area contributed by atoms with Crippen LogP contribution < -0.4 is 15.6 Å². The molecule has 0 bridgehead atoms. The Kier molecular flexibility index (Phi) is 5.63. The van der Waals surface area contributed by atoms with Gasteiger partial charge in [0.05, 0.1) is 29.1 Å². The van der Waals surface area contributed by atoms with Crippen molar-refractivity contribution in [3.05, 3.63) is 92.2 Å². The van der Waals surface area contributed by atoms with Crippen LogP contribution in [0.3, 0.4) is 0 Å². The number of aromatic amines is 1. The maximum Gasteiger partial charge on any atom is 0.271 e. The van der Waals surface area contributed by atoms with Crippen molar-refractivity contribution in [2.24, 2.45) is 0 Å². The third-order valence-electron chi connectivity index (χ3n) is 7.09. The molecule has 5 rings (SSSR count). The van der Waals surface area contributed by atoms with E-state index in [0.717, 1.165) is 6.08 Å². The molecule has 2 aliphatic rings. The highest BCUT2D eigenvalue weighted by Crippen LogP contribution is 2.57. The Hall–Kier alpha value is -4.86. The number of carbonyl (C=O) groups excluding carboxylic acids is 3. The van der Waals surface area contributed by atoms with E-state index in [0.29, 0.717) is 11.4 Å². The Morgan fingerprint density at radius 3 is 2.45 bits per heavy atom. The number of nitrogens with zero attached hydrogens (tertiary/aromatic N) is 1. The van der Waals surface area contributed by atoms with Crippen molar-refractivity contribution < 1.29 is 29.3 Å². The summed E-state index contributed by atoms with van der Waals surface area (Å²) in [5.74, 6) is -2.77. The molecule has 0 saturated carbocycles. The van der Waals surface area contributed by atoms with E-state index in [4.69, 9.17) is 4.74 Å². The molecule has 38 heavy (non-hydrogen) atoms. The van der Waals surface area contributed by atoms with Gasteiger partial charge in [-0.05, 0) is 39.8 Å². The number of para-hydroxylation sites is 1. The minimum atomic E-state index is -1.60. The summed E-state index contributed by atoms with van der Waals surface area (Å²) >= 11 is 0. The summed E-state index contributed by atoms with van der Waals surface area (Å²) in [6.45, 7) is 5.85. The van der Waals surface area contributed by atoms with Crippen LogP contribution in [-0.4, -0.2) is 37.3 Å². The predicted octanol–water partition coefficient (Wildman–Crippen LogP) is 2.84. The van der Waals surface area contributed by atoms with Gasteiger partial charge < -0.3 is 20.3 Å². The third-order valence-corrected chi connectivity index (χ3v) is 7.09. The molecule has 4 N–H and O–H groups in total. The van der Waals surface area contributed by atoms with E-state index in [-0.39, 0.29) is 57.3 Å². The topological polar surface area (TPSA) is 151 Å². The number of nitrogens with one attached hydrogen (secondary N) is 2. The Balaban J connectivity index is 1.52. The smallest absolute Gasteiger partial charge is 0.271 e. The lowest BCUT2D eigenvalue weighted by Crippen LogP contribution is -2.41. The van der Waals surface area contributed by atoms with E-state index in [1.807, 2.05) is 18.2 Å². The summed E-state index contributed by atoms with van der Waals surface area (Å²) in [5, 5.41) is 27.4. The molecular weight excluding hydrogens is 490 g/mol. The minimum Gasteiger partial charge on any atom is -0.507 e. The lowest BCUT2D eigenvalue weighted by atomic mass is 9.70. The molecule has 3 aromatic rings. The second-order valence-electron chi connectivity index (χ2n) is 9.53. The molecule has 0 unspecified atom stereocenters. The second-order valence-corrected chi connectivity index (χ2v) is 9.53. The molecule has 10 nitrogen and oxygen atoms in total. The van der Waals surface area contributed by atoms with Crippen LogP contribution in [0.15, 0.2) is 64.3 Å². The van der Waals surface area contributed by atoms with Crippen LogP contribution in [0.4, 0.5) is 0 Å². The zero-order valence-corrected chi connectivity index (χ0v) is 21.1. The van der Waals surface area contributed by atoms with Crippen molar-refractivity contribution >= 4 is 17.3 Å². The van der Waals surface area contributed by atoms with E-state index >= 15 is 0 Å². The standard InChI is InChI=1S/C28H25N3O7/c1-13-24(35)22(15(3)32)26-23(25(13)36)28(4)19(38-26)11-18(33)21(27(28)37)14(2)29-12-16-10-20(34)31(30-16)17-8-6-5-7-9-17/h5-11,29-30,35-36H,12H2,1-4H3/b21-14+/t28-/m1/s1. The molecule has 1 atom stereocenters. The molecule has 0 saturated heterocycles. The number of carbonyl (C=O) groups is 3. The summed E-state index contributed by atoms with van der Waals surface area (Å²) < 4.78 is 7.15. The first-order chi connectivity index (χ1) is 18.0. The number of fused-ring (bicyclic) bond motifs is 3. The highest BCUT2D eigenvalue weighted by Gasteiger charge is 2.56. The maximum absolute atomic E-state index is 13.9. The average Bonchev–Trinajstić information content (AvgIpc) is 3.39. The van der Waals surface area contributed by atoms with Gasteiger partial charge in [0.15, 0.2) is 17.3 Å². The number of hydrogen-bond donors (Lipinski definition) is 4. The molecule has 0 amide bonds. The molecular formula is C28H25N3O7. The minimum absolute atomic E-state index is 0.0244. The van der Waals surface area contributed by atoms with Gasteiger partial charge >= 0.3 is 0 Å². The van der Waals surface area contributed by atoms with E-state index in [1.54, 1.807) is 19.1 Å². The number of phenols is 2. The number of ketones is 3. The lowest BCUT2D eigenvalue weighted by molar-refractivity contribution is -0.123. The first-order valence-electron chi connectivity index (χ1n) is 11.9. The fraction of sp³-hybridized carbons (Fsp3) is 0.214. The van der Waals surface area contributed by atoms with Crippen molar-refractivity contribution in [1.29, 1.82) is 0 Å². The molecule has 1 aliphatic heterocycles. The summed E-state index contributed by atoms with van der Waals surface area (Å²) in [5.41, 5.74) is -0.674. The van der Waals surface area contributed by atoms with Crippen LogP contribution in [0.25, 0.3) is 5.69 Å². The van der Waals surface area contributed by atoms with Gasteiger partial charge in [-0.2, -0.15) is 0 Å². The second kappa shape index (κ2) is 8.62. The number of ether oxygens (including phenoxy) is 1. The molecule has 0 spiro atoms. The average molecular weight is 516 g/mol. The summed E-state index contributed by atoms with van der Waals surface area (Å²) in [4.78, 5) is 51.7. The largest absolute Gasteiger partial charge is 0.507 e. The number of H-pyrrole nitrogens is 1. The number of rotatable bonds is 5. The van der Waals surface area contributed by atoms with E-state index in [9.17, 15) is 29.4 Å². The molecule has 194 valence electrons. The number of Topliss-reactive ketones (excluding diaryl/α,β-unsaturated/α-hetero) is 2. The van der Waals surface area contributed by atoms with E-state index in [2.05, 4.69) is 10.4 Å². The zero-order valence-electron chi connectivity index (χ0n) is 21.1. The van der Waals surface area contributed by atoms with Gasteiger partial charge in [-0.3, -0.25) is 24.3 Å². The van der Waals surface area contributed by atoms with Crippen LogP contribution in [0, 0.1) is 6.92 Å². The van der Waals surface area contributed by atoms with Crippen molar-refractivity contribution in [3.63, 3.8) is 0 Å². The molecule has 1 aliphatic carbocycles. The number of allylic oxidation sites excluding steroid dienone is 4. The summed E-state index contributed by atoms with van der Waals surface area (Å²) in [6, 6.07) is 10.4. The summed E-state index contributed by atoms with van der Waals surface area (Å²) in [7, 11) is 0. The molecule has 0 radical (unpaired) electrons. The van der Waals surface area contributed by atoms with Crippen LogP contribution in [0.2, 0.25) is 0 Å². The van der Waals surface area contributed by atoms with Crippen molar-refractivity contribution in [2.75, 3.05) is 0 Å². The Morgan fingerprint density at radius 1 is 1.11 bits per heavy atom. The normalized spacial score (nSPS) is 19.4. The fourth-order valence-electron chi connectivity index (χ4n) is 4.98. The number of phenolic OH excluding ortho intramolecular Hbond substituents is 2. The highest BCUT2D eigenvalue weighted by molar-refractivity contribution is 6.31. The van der Waals surface area contributed by atoms with Gasteiger partial charge in [-0.1, -0.05) is 18.2 Å². The number of benzene rings is 2. The first kappa shape index (κ1) is 24.8. The lowest BCUT2D eigenvalue weighted by Gasteiger charge is -2.29. The van der Waals surface area contributed by atoms with Gasteiger partial charge in [0, 0.05) is 23.4 Å². The summed E-state index contributed by atoms with van der Waals surface area (Å²) in [6.07, 6.45) is 1.16. The van der Waals surface area contributed by atoms with Crippen LogP contribution >= 0.6 is 0 Å². The SMILES string of the molecule is CC(=O)c1c(O)c(C)c(O)c2c1OC1=CC(=O)/C(=C(/C)NCc3cc(=O)n(-c4ccccc4)[nH]3)C(=O)[C@]12C. The number of aromatic nitrogens is 2. The van der Waals surface area contributed by atoms with Crippen molar-refractivity contribution in [2.45, 2.75) is 39.7 Å². The molecule has 2 aromatic carbocycles. The number of aromatic hydroxyl groups is 2. The zero-order chi connectivity index (χ0) is 27.5. The van der Waals surface area contributed by atoms with Crippen molar-refractivity contribution in [1.82, 2.24) is 15.1 Å². The van der Waals surface area contributed by atoms with Gasteiger partial charge in [0.25, 0.3) is 5.56 Å². The van der Waals surface area contributed by atoms with Gasteiger partial charge in [0.2, 0.25) is 0 Å². The van der Waals surface area contributed by atoms with E-state index < -0.39 is 28.5 Å². The molecule has 0 fully saturated rings. The Morgan fingerprint density at radius 2 is 1.79 bits per heavy atom.